The van der Waals surface area contributed by atoms with Gasteiger partial charge in [-0.3, -0.25) is 4.57 Å². The first-order valence-electron chi connectivity index (χ1n) is 21.4. The highest BCUT2D eigenvalue weighted by molar-refractivity contribution is 5.89. The predicted molar refractivity (Wildman–Crippen MR) is 241 cm³/mol. The van der Waals surface area contributed by atoms with Crippen molar-refractivity contribution >= 4 is 22.8 Å². The SMILES string of the molecule is C[C@@H]1[C@H](CN2CCC(n3c(=O)[nH]c4ccccc43)CC2)O[C@H](c2ccc(-c3cccc(CNC(=O)Nc4ccc(Oc5ccccc5)cc4)c3)cc2)O[C@@H]1c1ccc(CO)cc1. The average Bonchev–Trinajstić information content (AvgIpc) is 3.66. The van der Waals surface area contributed by atoms with E-state index in [1.54, 1.807) is 0 Å². The molecule has 0 unspecified atom stereocenters. The standard InChI is InChI=1S/C51H51N5O6/c1-34-47(32-55-28-26-42(27-29-55)56-46-13-6-5-12-45(46)54-51(56)59)61-49(62-48(34)38-16-14-35(33-57)15-17-38)39-20-18-37(19-21-39)40-9-7-8-36(30-40)31-52-50(58)53-41-22-24-44(25-23-41)60-43-10-3-2-4-11-43/h2-25,30,34,42,47-49,57H,26-29,31-33H2,1H3,(H,54,59)(H2,52,53,58)/t34-,47+,48+,49+/m1/s1. The summed E-state index contributed by atoms with van der Waals surface area (Å²) >= 11 is 0. The molecule has 2 amide bonds. The zero-order valence-electron chi connectivity index (χ0n) is 34.7. The number of aliphatic hydroxyl groups is 1. The van der Waals surface area contributed by atoms with Crippen molar-refractivity contribution in [1.29, 1.82) is 0 Å². The third-order valence-corrected chi connectivity index (χ3v) is 12.1. The first kappa shape index (κ1) is 40.9. The van der Waals surface area contributed by atoms with Gasteiger partial charge in [0.2, 0.25) is 0 Å². The molecule has 7 aromatic rings. The number of piperidine rings is 1. The Morgan fingerprint density at radius 1 is 0.758 bits per heavy atom. The van der Waals surface area contributed by atoms with Crippen LogP contribution < -0.4 is 21.1 Å². The molecule has 3 heterocycles. The fourth-order valence-electron chi connectivity index (χ4n) is 8.66. The third-order valence-electron chi connectivity index (χ3n) is 12.1. The average molecular weight is 830 g/mol. The molecule has 2 fully saturated rings. The molecule has 0 spiro atoms. The number of para-hydroxylation sites is 3. The summed E-state index contributed by atoms with van der Waals surface area (Å²) in [6, 6.07) is 49.0. The van der Waals surface area contributed by atoms with Gasteiger partial charge in [0.1, 0.15) is 11.5 Å². The molecule has 316 valence electrons. The molecular formula is C51H51N5O6. The van der Waals surface area contributed by atoms with Crippen molar-refractivity contribution < 1.29 is 24.1 Å². The number of nitrogens with zero attached hydrogens (tertiary/aromatic N) is 2. The van der Waals surface area contributed by atoms with Gasteiger partial charge in [-0.1, -0.05) is 104 Å². The van der Waals surface area contributed by atoms with E-state index in [-0.39, 0.29) is 42.5 Å². The number of hydrogen-bond acceptors (Lipinski definition) is 7. The predicted octanol–water partition coefficient (Wildman–Crippen LogP) is 9.73. The Bertz CT molecular complexity index is 2640. The van der Waals surface area contributed by atoms with Gasteiger partial charge in [-0.15, -0.1) is 0 Å². The highest BCUT2D eigenvalue weighted by Crippen LogP contribution is 2.42. The van der Waals surface area contributed by atoms with Gasteiger partial charge < -0.3 is 39.8 Å². The van der Waals surface area contributed by atoms with Gasteiger partial charge in [-0.05, 0) is 95.3 Å². The second kappa shape index (κ2) is 18.6. The number of fused-ring (bicyclic) bond motifs is 1. The van der Waals surface area contributed by atoms with E-state index < -0.39 is 6.29 Å². The van der Waals surface area contributed by atoms with Crippen molar-refractivity contribution in [2.75, 3.05) is 25.0 Å². The van der Waals surface area contributed by atoms with Crippen LogP contribution in [0.4, 0.5) is 10.5 Å². The van der Waals surface area contributed by atoms with E-state index in [2.05, 4.69) is 63.8 Å². The number of anilines is 1. The van der Waals surface area contributed by atoms with Crippen molar-refractivity contribution in [3.63, 3.8) is 0 Å². The molecule has 62 heavy (non-hydrogen) atoms. The molecule has 2 saturated heterocycles. The number of aromatic nitrogens is 2. The lowest BCUT2D eigenvalue weighted by Gasteiger charge is -2.44. The van der Waals surface area contributed by atoms with Crippen LogP contribution in [0.5, 0.6) is 11.5 Å². The van der Waals surface area contributed by atoms with Crippen molar-refractivity contribution in [2.45, 2.75) is 57.5 Å². The molecule has 0 bridgehead atoms. The summed E-state index contributed by atoms with van der Waals surface area (Å²) in [6.07, 6.45) is 0.833. The van der Waals surface area contributed by atoms with E-state index in [1.165, 1.54) is 0 Å². The Balaban J connectivity index is 0.841. The highest BCUT2D eigenvalue weighted by Gasteiger charge is 2.39. The van der Waals surface area contributed by atoms with E-state index >= 15 is 0 Å². The fraction of sp³-hybridized carbons (Fsp3) is 0.255. The molecule has 11 heteroatoms. The highest BCUT2D eigenvalue weighted by atomic mass is 16.7. The summed E-state index contributed by atoms with van der Waals surface area (Å²) in [6.45, 7) is 5.00. The topological polar surface area (TPSA) is 130 Å². The molecule has 0 radical (unpaired) electrons. The van der Waals surface area contributed by atoms with Gasteiger partial charge in [-0.25, -0.2) is 9.59 Å². The molecule has 6 aromatic carbocycles. The van der Waals surface area contributed by atoms with Crippen molar-refractivity contribution in [3.05, 3.63) is 184 Å². The number of H-pyrrole nitrogens is 1. The van der Waals surface area contributed by atoms with Crippen LogP contribution in [0, 0.1) is 5.92 Å². The number of urea groups is 1. The van der Waals surface area contributed by atoms with E-state index in [0.29, 0.717) is 18.0 Å². The lowest BCUT2D eigenvalue weighted by molar-refractivity contribution is -0.276. The van der Waals surface area contributed by atoms with Crippen LogP contribution in [-0.4, -0.2) is 51.3 Å². The molecule has 0 aliphatic carbocycles. The molecule has 2 aliphatic rings. The number of rotatable bonds is 12. The Morgan fingerprint density at radius 2 is 1.47 bits per heavy atom. The van der Waals surface area contributed by atoms with Crippen LogP contribution in [0.2, 0.25) is 0 Å². The number of hydrogen-bond donors (Lipinski definition) is 4. The van der Waals surface area contributed by atoms with Gasteiger partial charge in [0, 0.05) is 49.4 Å². The maximum Gasteiger partial charge on any atom is 0.326 e. The molecule has 11 nitrogen and oxygen atoms in total. The van der Waals surface area contributed by atoms with E-state index in [1.807, 2.05) is 120 Å². The molecule has 4 N–H and O–H groups in total. The monoisotopic (exact) mass is 829 g/mol. The summed E-state index contributed by atoms with van der Waals surface area (Å²) in [5.41, 5.74) is 8.31. The third kappa shape index (κ3) is 9.36. The Kier molecular flexibility index (Phi) is 12.3. The zero-order valence-corrected chi connectivity index (χ0v) is 34.7. The zero-order chi connectivity index (χ0) is 42.4. The number of carbonyl (C=O) groups excluding carboxylic acids is 1. The number of benzene rings is 6. The molecule has 1 aromatic heterocycles. The summed E-state index contributed by atoms with van der Waals surface area (Å²) in [7, 11) is 0. The minimum Gasteiger partial charge on any atom is -0.457 e. The summed E-state index contributed by atoms with van der Waals surface area (Å²) in [5.74, 6) is 1.49. The number of imidazole rings is 1. The quantitative estimate of drug-likeness (QED) is 0.0965. The Labute approximate surface area is 360 Å². The number of nitrogens with one attached hydrogen (secondary N) is 3. The summed E-state index contributed by atoms with van der Waals surface area (Å²) in [4.78, 5) is 31.2. The maximum absolute atomic E-state index is 12.9. The summed E-state index contributed by atoms with van der Waals surface area (Å²) < 4.78 is 21.4. The lowest BCUT2D eigenvalue weighted by Crippen LogP contribution is -2.47. The Morgan fingerprint density at radius 3 is 2.23 bits per heavy atom. The van der Waals surface area contributed by atoms with Crippen molar-refractivity contribution in [3.8, 4) is 22.6 Å². The molecular weight excluding hydrogens is 779 g/mol. The van der Waals surface area contributed by atoms with Crippen LogP contribution >= 0.6 is 0 Å². The number of likely N-dealkylation sites (tertiary alicyclic amines) is 1. The van der Waals surface area contributed by atoms with Crippen LogP contribution in [0.1, 0.15) is 60.5 Å². The van der Waals surface area contributed by atoms with Crippen LogP contribution in [-0.2, 0) is 22.6 Å². The molecule has 0 saturated carbocycles. The number of aliphatic hydroxyl groups excluding tert-OH is 1. The van der Waals surface area contributed by atoms with Crippen molar-refractivity contribution in [2.24, 2.45) is 5.92 Å². The normalized spacial score (nSPS) is 19.6. The first-order chi connectivity index (χ1) is 30.4. The smallest absolute Gasteiger partial charge is 0.326 e. The molecule has 4 atom stereocenters. The van der Waals surface area contributed by atoms with Gasteiger partial charge in [0.05, 0.1) is 29.8 Å². The van der Waals surface area contributed by atoms with E-state index in [0.717, 1.165) is 82.6 Å². The van der Waals surface area contributed by atoms with E-state index in [9.17, 15) is 14.7 Å². The fourth-order valence-corrected chi connectivity index (χ4v) is 8.66. The van der Waals surface area contributed by atoms with Crippen molar-refractivity contribution in [1.82, 2.24) is 19.8 Å². The first-order valence-corrected chi connectivity index (χ1v) is 21.4. The van der Waals surface area contributed by atoms with Crippen LogP contribution in [0.15, 0.2) is 156 Å². The van der Waals surface area contributed by atoms with Gasteiger partial charge in [-0.2, -0.15) is 0 Å². The maximum atomic E-state index is 12.9. The molecule has 2 aliphatic heterocycles. The summed E-state index contributed by atoms with van der Waals surface area (Å²) in [5, 5.41) is 15.6. The lowest BCUT2D eigenvalue weighted by atomic mass is 9.89. The van der Waals surface area contributed by atoms with Crippen LogP contribution in [0.25, 0.3) is 22.2 Å². The van der Waals surface area contributed by atoms with E-state index in [4.69, 9.17) is 14.2 Å². The minimum atomic E-state index is -0.586. The van der Waals surface area contributed by atoms with Gasteiger partial charge in [0.25, 0.3) is 0 Å². The van der Waals surface area contributed by atoms with Crippen LogP contribution in [0.3, 0.4) is 0 Å². The minimum absolute atomic E-state index is 0.0148. The van der Waals surface area contributed by atoms with Gasteiger partial charge in [0.15, 0.2) is 6.29 Å². The number of amides is 2. The molecule has 9 rings (SSSR count). The Hall–Kier alpha value is -6.50. The number of ether oxygens (including phenoxy) is 3. The van der Waals surface area contributed by atoms with Gasteiger partial charge >= 0.3 is 11.7 Å². The largest absolute Gasteiger partial charge is 0.457 e. The number of carbonyl (C=O) groups is 1. The second-order valence-corrected chi connectivity index (χ2v) is 16.2. The second-order valence-electron chi connectivity index (χ2n) is 16.2. The number of aromatic amines is 1.